The number of hydrogen-bond acceptors (Lipinski definition) is 3. The molecular weight excluding hydrogens is 232 g/mol. The average molecular weight is 246 g/mol. The summed E-state index contributed by atoms with van der Waals surface area (Å²) in [7, 11) is 0. The zero-order valence-electron chi connectivity index (χ0n) is 9.90. The molecule has 0 saturated heterocycles. The Morgan fingerprint density at radius 3 is 2.65 bits per heavy atom. The number of aryl methyl sites for hydroxylation is 1. The second kappa shape index (κ2) is 5.15. The highest BCUT2D eigenvalue weighted by Crippen LogP contribution is 2.31. The van der Waals surface area contributed by atoms with Gasteiger partial charge in [-0.1, -0.05) is 30.3 Å². The highest BCUT2D eigenvalue weighted by atomic mass is 32.1. The van der Waals surface area contributed by atoms with Crippen LogP contribution in [-0.2, 0) is 4.74 Å². The minimum absolute atomic E-state index is 0.231. The molecule has 0 amide bonds. The van der Waals surface area contributed by atoms with Crippen LogP contribution in [-0.4, -0.2) is 12.6 Å². The molecule has 1 aromatic carbocycles. The number of ether oxygens (including phenoxy) is 1. The zero-order valence-corrected chi connectivity index (χ0v) is 10.7. The average Bonchev–Trinajstić information content (AvgIpc) is 2.73. The van der Waals surface area contributed by atoms with E-state index in [-0.39, 0.29) is 5.97 Å². The molecule has 88 valence electrons. The maximum absolute atomic E-state index is 11.9. The molecule has 0 aliphatic carbocycles. The summed E-state index contributed by atoms with van der Waals surface area (Å²) in [4.78, 5) is 12.9. The molecule has 0 unspecified atom stereocenters. The van der Waals surface area contributed by atoms with Crippen LogP contribution < -0.4 is 0 Å². The van der Waals surface area contributed by atoms with E-state index in [0.29, 0.717) is 12.2 Å². The van der Waals surface area contributed by atoms with Crippen LogP contribution in [0.15, 0.2) is 35.7 Å². The van der Waals surface area contributed by atoms with E-state index in [0.717, 1.165) is 16.0 Å². The van der Waals surface area contributed by atoms with Gasteiger partial charge < -0.3 is 4.74 Å². The molecule has 0 bridgehead atoms. The van der Waals surface area contributed by atoms with Gasteiger partial charge in [-0.3, -0.25) is 0 Å². The summed E-state index contributed by atoms with van der Waals surface area (Å²) in [5, 5.41) is 2.01. The zero-order chi connectivity index (χ0) is 12.3. The maximum atomic E-state index is 11.9. The van der Waals surface area contributed by atoms with E-state index in [9.17, 15) is 4.79 Å². The van der Waals surface area contributed by atoms with Crippen molar-refractivity contribution in [1.29, 1.82) is 0 Å². The summed E-state index contributed by atoms with van der Waals surface area (Å²) in [6, 6.07) is 9.91. The molecule has 1 heterocycles. The Morgan fingerprint density at radius 2 is 2.00 bits per heavy atom. The van der Waals surface area contributed by atoms with Gasteiger partial charge in [0.2, 0.25) is 0 Å². The third-order valence-corrected chi connectivity index (χ3v) is 3.45. The van der Waals surface area contributed by atoms with E-state index in [4.69, 9.17) is 4.74 Å². The fourth-order valence-electron chi connectivity index (χ4n) is 1.74. The SMILES string of the molecule is CCOC(=O)c1c(-c2ccccc2)csc1C. The Bertz CT molecular complexity index is 514. The fraction of sp³-hybridized carbons (Fsp3) is 0.214. The molecule has 0 spiro atoms. The highest BCUT2D eigenvalue weighted by Gasteiger charge is 2.18. The molecule has 0 saturated carbocycles. The smallest absolute Gasteiger partial charge is 0.339 e. The molecule has 0 radical (unpaired) electrons. The van der Waals surface area contributed by atoms with Gasteiger partial charge in [0, 0.05) is 10.4 Å². The van der Waals surface area contributed by atoms with Crippen LogP contribution in [0.5, 0.6) is 0 Å². The largest absolute Gasteiger partial charge is 0.462 e. The summed E-state index contributed by atoms with van der Waals surface area (Å²) in [5.41, 5.74) is 2.72. The van der Waals surface area contributed by atoms with Gasteiger partial charge in [-0.25, -0.2) is 4.79 Å². The molecule has 0 aliphatic heterocycles. The Balaban J connectivity index is 2.46. The lowest BCUT2D eigenvalue weighted by molar-refractivity contribution is 0.0527. The van der Waals surface area contributed by atoms with Gasteiger partial charge in [0.15, 0.2) is 0 Å². The molecular formula is C14H14O2S. The van der Waals surface area contributed by atoms with Crippen molar-refractivity contribution in [3.63, 3.8) is 0 Å². The van der Waals surface area contributed by atoms with Crippen molar-refractivity contribution >= 4 is 17.3 Å². The second-order valence-electron chi connectivity index (χ2n) is 3.67. The van der Waals surface area contributed by atoms with Crippen LogP contribution >= 0.6 is 11.3 Å². The minimum atomic E-state index is -0.231. The first kappa shape index (κ1) is 11.9. The Morgan fingerprint density at radius 1 is 1.29 bits per heavy atom. The van der Waals surface area contributed by atoms with E-state index >= 15 is 0 Å². The standard InChI is InChI=1S/C14H14O2S/c1-3-16-14(15)13-10(2)17-9-12(13)11-7-5-4-6-8-11/h4-9H,3H2,1-2H3. The topological polar surface area (TPSA) is 26.3 Å². The van der Waals surface area contributed by atoms with E-state index < -0.39 is 0 Å². The molecule has 3 heteroatoms. The number of hydrogen-bond donors (Lipinski definition) is 0. The van der Waals surface area contributed by atoms with Crippen LogP contribution in [0.2, 0.25) is 0 Å². The van der Waals surface area contributed by atoms with Crippen molar-refractivity contribution in [2.24, 2.45) is 0 Å². The van der Waals surface area contributed by atoms with E-state index in [1.165, 1.54) is 0 Å². The van der Waals surface area contributed by atoms with Crippen molar-refractivity contribution in [1.82, 2.24) is 0 Å². The molecule has 2 rings (SSSR count). The summed E-state index contributed by atoms with van der Waals surface area (Å²) < 4.78 is 5.10. The first-order chi connectivity index (χ1) is 8.24. The van der Waals surface area contributed by atoms with Crippen molar-refractivity contribution in [3.05, 3.63) is 46.2 Å². The lowest BCUT2D eigenvalue weighted by Gasteiger charge is -2.05. The first-order valence-electron chi connectivity index (χ1n) is 5.54. The van der Waals surface area contributed by atoms with Gasteiger partial charge in [0.1, 0.15) is 0 Å². The van der Waals surface area contributed by atoms with Gasteiger partial charge in [0.25, 0.3) is 0 Å². The normalized spacial score (nSPS) is 10.2. The molecule has 0 atom stereocenters. The lowest BCUT2D eigenvalue weighted by Crippen LogP contribution is -2.06. The molecule has 0 fully saturated rings. The van der Waals surface area contributed by atoms with Gasteiger partial charge in [0.05, 0.1) is 12.2 Å². The van der Waals surface area contributed by atoms with Crippen molar-refractivity contribution in [2.75, 3.05) is 6.61 Å². The highest BCUT2D eigenvalue weighted by molar-refractivity contribution is 7.10. The first-order valence-corrected chi connectivity index (χ1v) is 6.42. The predicted octanol–water partition coefficient (Wildman–Crippen LogP) is 3.90. The quantitative estimate of drug-likeness (QED) is 0.768. The monoisotopic (exact) mass is 246 g/mol. The molecule has 1 aromatic heterocycles. The molecule has 2 nitrogen and oxygen atoms in total. The maximum Gasteiger partial charge on any atom is 0.339 e. The predicted molar refractivity (Wildman–Crippen MR) is 70.4 cm³/mol. The second-order valence-corrected chi connectivity index (χ2v) is 4.75. The van der Waals surface area contributed by atoms with Crippen LogP contribution in [0.4, 0.5) is 0 Å². The minimum Gasteiger partial charge on any atom is -0.462 e. The van der Waals surface area contributed by atoms with Crippen LogP contribution in [0, 0.1) is 6.92 Å². The Kier molecular flexibility index (Phi) is 3.59. The van der Waals surface area contributed by atoms with Gasteiger partial charge in [-0.15, -0.1) is 11.3 Å². The molecule has 0 N–H and O–H groups in total. The third kappa shape index (κ3) is 2.39. The van der Waals surface area contributed by atoms with Gasteiger partial charge in [-0.05, 0) is 24.8 Å². The number of rotatable bonds is 3. The van der Waals surface area contributed by atoms with E-state index in [1.54, 1.807) is 11.3 Å². The lowest BCUT2D eigenvalue weighted by atomic mass is 10.0. The number of carbonyl (C=O) groups excluding carboxylic acids is 1. The number of thiophene rings is 1. The molecule has 0 aliphatic rings. The number of esters is 1. The van der Waals surface area contributed by atoms with Crippen molar-refractivity contribution < 1.29 is 9.53 Å². The van der Waals surface area contributed by atoms with E-state index in [1.807, 2.05) is 49.6 Å². The van der Waals surface area contributed by atoms with E-state index in [2.05, 4.69) is 0 Å². The Labute approximate surface area is 105 Å². The summed E-state index contributed by atoms with van der Waals surface area (Å²) >= 11 is 1.58. The third-order valence-electron chi connectivity index (χ3n) is 2.54. The van der Waals surface area contributed by atoms with Gasteiger partial charge in [-0.2, -0.15) is 0 Å². The van der Waals surface area contributed by atoms with Crippen molar-refractivity contribution in [3.8, 4) is 11.1 Å². The number of benzene rings is 1. The molecule has 2 aromatic rings. The summed E-state index contributed by atoms with van der Waals surface area (Å²) in [6.07, 6.45) is 0. The molecule has 17 heavy (non-hydrogen) atoms. The number of carbonyl (C=O) groups is 1. The Hall–Kier alpha value is -1.61. The van der Waals surface area contributed by atoms with Gasteiger partial charge >= 0.3 is 5.97 Å². The van der Waals surface area contributed by atoms with Crippen LogP contribution in [0.1, 0.15) is 22.2 Å². The summed E-state index contributed by atoms with van der Waals surface area (Å²) in [5.74, 6) is -0.231. The fourth-order valence-corrected chi connectivity index (χ4v) is 2.60. The van der Waals surface area contributed by atoms with Crippen LogP contribution in [0.3, 0.4) is 0 Å². The van der Waals surface area contributed by atoms with Crippen molar-refractivity contribution in [2.45, 2.75) is 13.8 Å². The van der Waals surface area contributed by atoms with Crippen LogP contribution in [0.25, 0.3) is 11.1 Å². The summed E-state index contributed by atoms with van der Waals surface area (Å²) in [6.45, 7) is 4.17.